The van der Waals surface area contributed by atoms with E-state index in [0.29, 0.717) is 40.7 Å². The molecule has 9 nitrogen and oxygen atoms in total. The first-order valence-corrected chi connectivity index (χ1v) is 11.9. The van der Waals surface area contributed by atoms with Crippen molar-refractivity contribution >= 4 is 39.2 Å². The van der Waals surface area contributed by atoms with E-state index in [1.165, 1.54) is 11.3 Å². The minimum absolute atomic E-state index is 0.128. The van der Waals surface area contributed by atoms with Crippen molar-refractivity contribution in [2.75, 3.05) is 31.6 Å². The van der Waals surface area contributed by atoms with Gasteiger partial charge in [0, 0.05) is 13.1 Å². The Bertz CT molecular complexity index is 1290. The molecular formula is C24H25N5O4S. The van der Waals surface area contributed by atoms with Gasteiger partial charge in [-0.2, -0.15) is 5.10 Å². The summed E-state index contributed by atoms with van der Waals surface area (Å²) in [4.78, 5) is 28.3. The van der Waals surface area contributed by atoms with E-state index in [9.17, 15) is 9.59 Å². The molecule has 4 aromatic rings. The third kappa shape index (κ3) is 4.89. The summed E-state index contributed by atoms with van der Waals surface area (Å²) in [5.74, 6) is 0.736. The number of carbonyl (C=O) groups is 2. The van der Waals surface area contributed by atoms with E-state index < -0.39 is 5.91 Å². The van der Waals surface area contributed by atoms with Gasteiger partial charge >= 0.3 is 0 Å². The van der Waals surface area contributed by atoms with Crippen LogP contribution in [0.25, 0.3) is 10.2 Å². The van der Waals surface area contributed by atoms with E-state index in [-0.39, 0.29) is 17.7 Å². The number of nitrogens with zero attached hydrogens (tertiary/aromatic N) is 2. The zero-order chi connectivity index (χ0) is 23.5. The van der Waals surface area contributed by atoms with Crippen LogP contribution in [-0.4, -0.2) is 53.2 Å². The Balaban J connectivity index is 1.24. The van der Waals surface area contributed by atoms with Crippen molar-refractivity contribution in [1.82, 2.24) is 20.4 Å². The lowest BCUT2D eigenvalue weighted by atomic mass is 10.1. The molecule has 176 valence electrons. The second-order valence-corrected chi connectivity index (χ2v) is 9.19. The number of nitrogens with one attached hydrogen (secondary N) is 3. The second-order valence-electron chi connectivity index (χ2n) is 8.14. The van der Waals surface area contributed by atoms with Crippen LogP contribution in [0.15, 0.2) is 52.9 Å². The third-order valence-corrected chi connectivity index (χ3v) is 6.85. The normalized spacial score (nSPS) is 15.3. The summed E-state index contributed by atoms with van der Waals surface area (Å²) in [6, 6.07) is 14.9. The van der Waals surface area contributed by atoms with Crippen molar-refractivity contribution in [2.45, 2.75) is 19.5 Å². The smallest absolute Gasteiger partial charge is 0.292 e. The lowest BCUT2D eigenvalue weighted by molar-refractivity contribution is 0.0312. The predicted molar refractivity (Wildman–Crippen MR) is 129 cm³/mol. The number of benzene rings is 1. The minimum atomic E-state index is -0.390. The summed E-state index contributed by atoms with van der Waals surface area (Å²) in [7, 11) is 0. The Kier molecular flexibility index (Phi) is 6.43. The minimum Gasteiger partial charge on any atom is -0.455 e. The summed E-state index contributed by atoms with van der Waals surface area (Å²) in [6.07, 6.45) is 0. The number of thiophene rings is 1. The van der Waals surface area contributed by atoms with E-state index in [4.69, 9.17) is 9.15 Å². The molecule has 34 heavy (non-hydrogen) atoms. The average Bonchev–Trinajstić information content (AvgIpc) is 3.58. The number of amides is 2. The van der Waals surface area contributed by atoms with Gasteiger partial charge in [-0.3, -0.25) is 19.6 Å². The molecular weight excluding hydrogens is 454 g/mol. The van der Waals surface area contributed by atoms with E-state index in [1.807, 2.05) is 43.3 Å². The van der Waals surface area contributed by atoms with Crippen molar-refractivity contribution in [2.24, 2.45) is 0 Å². The van der Waals surface area contributed by atoms with Crippen molar-refractivity contribution in [3.05, 3.63) is 70.5 Å². The molecule has 1 fully saturated rings. The summed E-state index contributed by atoms with van der Waals surface area (Å²) < 4.78 is 11.8. The van der Waals surface area contributed by atoms with Crippen LogP contribution in [0, 0.1) is 0 Å². The lowest BCUT2D eigenvalue weighted by Crippen LogP contribution is -2.35. The number of carbonyl (C=O) groups excluding carboxylic acids is 2. The number of rotatable bonds is 7. The van der Waals surface area contributed by atoms with Crippen LogP contribution in [-0.2, 0) is 11.3 Å². The van der Waals surface area contributed by atoms with Gasteiger partial charge in [-0.25, -0.2) is 0 Å². The number of anilines is 1. The van der Waals surface area contributed by atoms with Crippen LogP contribution in [0.5, 0.6) is 0 Å². The van der Waals surface area contributed by atoms with E-state index in [2.05, 4.69) is 25.7 Å². The van der Waals surface area contributed by atoms with Crippen LogP contribution in [0.3, 0.4) is 0 Å². The van der Waals surface area contributed by atoms with E-state index in [0.717, 1.165) is 24.4 Å². The van der Waals surface area contributed by atoms with Crippen LogP contribution in [0.1, 0.15) is 44.5 Å². The van der Waals surface area contributed by atoms with Crippen molar-refractivity contribution < 1.29 is 18.7 Å². The van der Waals surface area contributed by atoms with Crippen molar-refractivity contribution in [3.63, 3.8) is 0 Å². The summed E-state index contributed by atoms with van der Waals surface area (Å²) in [5.41, 5.74) is 1.71. The first-order chi connectivity index (χ1) is 16.6. The number of aromatic nitrogens is 2. The van der Waals surface area contributed by atoms with Gasteiger partial charge in [-0.05, 0) is 30.7 Å². The predicted octanol–water partition coefficient (Wildman–Crippen LogP) is 3.79. The zero-order valence-corrected chi connectivity index (χ0v) is 19.5. The van der Waals surface area contributed by atoms with Crippen LogP contribution >= 0.6 is 11.3 Å². The second kappa shape index (κ2) is 9.80. The topological polar surface area (TPSA) is 112 Å². The number of fused-ring (bicyclic) bond motifs is 1. The molecule has 0 aliphatic carbocycles. The number of ether oxygens (including phenoxy) is 1. The standard InChI is InChI=1S/C24H25N5O4S/c1-15(16-5-3-2-4-6-16)25-24(31)20-13-18-21(34-20)22(28-27-18)26-23(30)19-8-7-17(33-19)14-29-9-11-32-12-10-29/h2-8,13,15H,9-12,14H2,1H3,(H,25,31)(H2,26,27,28,30)/t15-/m1/s1. The van der Waals surface area contributed by atoms with Crippen LogP contribution in [0.2, 0.25) is 0 Å². The molecule has 0 spiro atoms. The van der Waals surface area contributed by atoms with Crippen molar-refractivity contribution in [1.29, 1.82) is 0 Å². The number of hydrogen-bond donors (Lipinski definition) is 3. The highest BCUT2D eigenvalue weighted by molar-refractivity contribution is 7.21. The quantitative estimate of drug-likeness (QED) is 0.372. The highest BCUT2D eigenvalue weighted by Gasteiger charge is 2.20. The molecule has 4 heterocycles. The lowest BCUT2D eigenvalue weighted by Gasteiger charge is -2.25. The number of furan rings is 1. The Morgan fingerprint density at radius 1 is 1.15 bits per heavy atom. The first kappa shape index (κ1) is 22.3. The molecule has 1 saturated heterocycles. The van der Waals surface area contributed by atoms with Crippen molar-refractivity contribution in [3.8, 4) is 0 Å². The third-order valence-electron chi connectivity index (χ3n) is 5.71. The first-order valence-electron chi connectivity index (χ1n) is 11.1. The molecule has 0 bridgehead atoms. The van der Waals surface area contributed by atoms with Gasteiger partial charge in [0.1, 0.15) is 5.76 Å². The molecule has 1 aromatic carbocycles. The molecule has 2 amide bonds. The van der Waals surface area contributed by atoms with Gasteiger partial charge in [0.25, 0.3) is 11.8 Å². The van der Waals surface area contributed by atoms with Gasteiger partial charge in [-0.1, -0.05) is 30.3 Å². The highest BCUT2D eigenvalue weighted by Crippen LogP contribution is 2.31. The number of aromatic amines is 1. The highest BCUT2D eigenvalue weighted by atomic mass is 32.1. The maximum Gasteiger partial charge on any atom is 0.292 e. The fraction of sp³-hybridized carbons (Fsp3) is 0.292. The van der Waals surface area contributed by atoms with Gasteiger partial charge < -0.3 is 19.8 Å². The Morgan fingerprint density at radius 2 is 1.94 bits per heavy atom. The molecule has 1 aliphatic rings. The number of hydrogen-bond acceptors (Lipinski definition) is 7. The largest absolute Gasteiger partial charge is 0.455 e. The molecule has 0 saturated carbocycles. The van der Waals surface area contributed by atoms with Gasteiger partial charge in [-0.15, -0.1) is 11.3 Å². The van der Waals surface area contributed by atoms with Crippen LogP contribution < -0.4 is 10.6 Å². The molecule has 5 rings (SSSR count). The Morgan fingerprint density at radius 3 is 2.74 bits per heavy atom. The molecule has 1 atom stereocenters. The fourth-order valence-electron chi connectivity index (χ4n) is 3.84. The van der Waals surface area contributed by atoms with Crippen LogP contribution in [0.4, 0.5) is 5.82 Å². The van der Waals surface area contributed by atoms with Gasteiger partial charge in [0.05, 0.1) is 40.9 Å². The zero-order valence-electron chi connectivity index (χ0n) is 18.7. The summed E-state index contributed by atoms with van der Waals surface area (Å²) in [6.45, 7) is 5.66. The van der Waals surface area contributed by atoms with E-state index in [1.54, 1.807) is 12.1 Å². The SMILES string of the molecule is C[C@@H](NC(=O)c1cc2[nH]nc(NC(=O)c3ccc(CN4CCOCC4)o3)c2s1)c1ccccc1. The van der Waals surface area contributed by atoms with Gasteiger partial charge in [0.2, 0.25) is 0 Å². The maximum absolute atomic E-state index is 12.8. The monoisotopic (exact) mass is 479 g/mol. The average molecular weight is 480 g/mol. The maximum atomic E-state index is 12.8. The molecule has 3 aromatic heterocycles. The summed E-state index contributed by atoms with van der Waals surface area (Å²) in [5, 5.41) is 12.9. The molecule has 0 radical (unpaired) electrons. The molecule has 0 unspecified atom stereocenters. The Hall–Kier alpha value is -3.47. The van der Waals surface area contributed by atoms with Gasteiger partial charge in [0.15, 0.2) is 11.6 Å². The Labute approximate surface area is 200 Å². The molecule has 1 aliphatic heterocycles. The number of morpholine rings is 1. The molecule has 10 heteroatoms. The summed E-state index contributed by atoms with van der Waals surface area (Å²) >= 11 is 1.27. The number of H-pyrrole nitrogens is 1. The molecule has 3 N–H and O–H groups in total. The van der Waals surface area contributed by atoms with E-state index >= 15 is 0 Å². The fourth-order valence-corrected chi connectivity index (χ4v) is 4.80.